The monoisotopic (exact) mass is 384 g/mol. The lowest BCUT2D eigenvalue weighted by molar-refractivity contribution is -0.129. The molecule has 6 nitrogen and oxygen atoms in total. The summed E-state index contributed by atoms with van der Waals surface area (Å²) in [5, 5.41) is 0. The van der Waals surface area contributed by atoms with Gasteiger partial charge in [-0.2, -0.15) is 0 Å². The number of rotatable bonds is 2. The number of piperidine rings is 1. The zero-order valence-electron chi connectivity index (χ0n) is 15.8. The predicted octanol–water partition coefficient (Wildman–Crippen LogP) is 3.12. The Balaban J connectivity index is 1.59. The van der Waals surface area contributed by atoms with Crippen molar-refractivity contribution < 1.29 is 9.59 Å². The van der Waals surface area contributed by atoms with Crippen molar-refractivity contribution >= 4 is 23.2 Å². The quantitative estimate of drug-likeness (QED) is 0.798. The summed E-state index contributed by atoms with van der Waals surface area (Å²) in [5.74, 6) is 0.910. The Bertz CT molecular complexity index is 879. The molecule has 0 saturated carbocycles. The van der Waals surface area contributed by atoms with E-state index in [1.807, 2.05) is 35.1 Å². The number of aromatic nitrogens is 2. The second kappa shape index (κ2) is 7.38. The number of carbonyl (C=O) groups excluding carboxylic acids is 2. The van der Waals surface area contributed by atoms with Crippen LogP contribution in [0.15, 0.2) is 18.3 Å². The van der Waals surface area contributed by atoms with Crippen LogP contribution >= 0.6 is 11.3 Å². The maximum atomic E-state index is 13.0. The van der Waals surface area contributed by atoms with E-state index >= 15 is 0 Å². The zero-order chi connectivity index (χ0) is 19.0. The smallest absolute Gasteiger partial charge is 0.264 e. The number of amides is 2. The molecule has 0 spiro atoms. The van der Waals surface area contributed by atoms with E-state index in [9.17, 15) is 9.59 Å². The normalized spacial score (nSPS) is 19.7. The largest absolute Gasteiger partial charge is 0.338 e. The van der Waals surface area contributed by atoms with Gasteiger partial charge in [-0.25, -0.2) is 9.97 Å². The summed E-state index contributed by atoms with van der Waals surface area (Å²) in [6, 6.07) is 3.84. The van der Waals surface area contributed by atoms with Crippen LogP contribution in [0.2, 0.25) is 0 Å². The lowest BCUT2D eigenvalue weighted by Crippen LogP contribution is -2.39. The summed E-state index contributed by atoms with van der Waals surface area (Å²) in [7, 11) is 0. The fraction of sp³-hybridized carbons (Fsp3) is 0.500. The third-order valence-electron chi connectivity index (χ3n) is 5.41. The number of hydrogen-bond acceptors (Lipinski definition) is 5. The summed E-state index contributed by atoms with van der Waals surface area (Å²) < 4.78 is 0. The van der Waals surface area contributed by atoms with Crippen molar-refractivity contribution in [2.24, 2.45) is 0 Å². The summed E-state index contributed by atoms with van der Waals surface area (Å²) in [5.41, 5.74) is 2.03. The molecule has 2 aromatic rings. The van der Waals surface area contributed by atoms with Gasteiger partial charge in [0.2, 0.25) is 5.91 Å². The van der Waals surface area contributed by atoms with Crippen LogP contribution in [-0.4, -0.2) is 44.7 Å². The number of likely N-dealkylation sites (tertiary alicyclic amines) is 1. The minimum atomic E-state index is -0.0650. The van der Waals surface area contributed by atoms with E-state index in [1.54, 1.807) is 18.3 Å². The highest BCUT2D eigenvalue weighted by Crippen LogP contribution is 2.32. The van der Waals surface area contributed by atoms with Crippen molar-refractivity contribution in [3.8, 4) is 0 Å². The van der Waals surface area contributed by atoms with Crippen molar-refractivity contribution in [3.63, 3.8) is 0 Å². The number of thiophene rings is 1. The molecule has 1 fully saturated rings. The third kappa shape index (κ3) is 3.60. The van der Waals surface area contributed by atoms with Crippen LogP contribution in [0.4, 0.5) is 0 Å². The molecule has 2 aliphatic rings. The first-order chi connectivity index (χ1) is 13.0. The maximum Gasteiger partial charge on any atom is 0.264 e. The zero-order valence-corrected chi connectivity index (χ0v) is 16.6. The third-order valence-corrected chi connectivity index (χ3v) is 6.40. The second-order valence-corrected chi connectivity index (χ2v) is 8.60. The average molecular weight is 385 g/mol. The van der Waals surface area contributed by atoms with E-state index in [2.05, 4.69) is 4.98 Å². The van der Waals surface area contributed by atoms with Crippen LogP contribution in [0, 0.1) is 6.92 Å². The van der Waals surface area contributed by atoms with Gasteiger partial charge in [-0.1, -0.05) is 0 Å². The fourth-order valence-electron chi connectivity index (χ4n) is 3.89. The molecule has 142 valence electrons. The van der Waals surface area contributed by atoms with Crippen molar-refractivity contribution in [3.05, 3.63) is 45.2 Å². The molecule has 2 amide bonds. The topological polar surface area (TPSA) is 66.4 Å². The van der Waals surface area contributed by atoms with Gasteiger partial charge >= 0.3 is 0 Å². The molecule has 0 aromatic carbocycles. The van der Waals surface area contributed by atoms with Crippen molar-refractivity contribution in [1.82, 2.24) is 19.8 Å². The summed E-state index contributed by atoms with van der Waals surface area (Å²) in [6.45, 7) is 5.64. The second-order valence-electron chi connectivity index (χ2n) is 7.31. The number of fused-ring (bicyclic) bond motifs is 1. The molecule has 1 atom stereocenters. The molecule has 0 N–H and O–H groups in total. The predicted molar refractivity (Wildman–Crippen MR) is 104 cm³/mol. The van der Waals surface area contributed by atoms with E-state index in [-0.39, 0.29) is 17.9 Å². The van der Waals surface area contributed by atoms with E-state index in [0.717, 1.165) is 59.1 Å². The van der Waals surface area contributed by atoms with Gasteiger partial charge in [0.25, 0.3) is 5.91 Å². The van der Waals surface area contributed by atoms with Gasteiger partial charge in [-0.15, -0.1) is 11.3 Å². The van der Waals surface area contributed by atoms with Gasteiger partial charge < -0.3 is 9.80 Å². The minimum Gasteiger partial charge on any atom is -0.338 e. The van der Waals surface area contributed by atoms with E-state index in [4.69, 9.17) is 4.98 Å². The van der Waals surface area contributed by atoms with Gasteiger partial charge in [-0.3, -0.25) is 9.59 Å². The summed E-state index contributed by atoms with van der Waals surface area (Å²) >= 11 is 1.54. The minimum absolute atomic E-state index is 0.0650. The molecule has 7 heteroatoms. The maximum absolute atomic E-state index is 13.0. The number of aryl methyl sites for hydroxylation is 1. The van der Waals surface area contributed by atoms with Crippen LogP contribution in [0.5, 0.6) is 0 Å². The van der Waals surface area contributed by atoms with Crippen LogP contribution in [0.3, 0.4) is 0 Å². The van der Waals surface area contributed by atoms with Crippen LogP contribution in [-0.2, 0) is 17.8 Å². The van der Waals surface area contributed by atoms with Gasteiger partial charge in [0.1, 0.15) is 0 Å². The Labute approximate surface area is 163 Å². The number of hydrogen-bond donors (Lipinski definition) is 0. The number of nitrogens with zero attached hydrogens (tertiary/aromatic N) is 4. The lowest BCUT2D eigenvalue weighted by Gasteiger charge is -2.35. The van der Waals surface area contributed by atoms with E-state index in [0.29, 0.717) is 13.1 Å². The van der Waals surface area contributed by atoms with Crippen LogP contribution in [0.1, 0.15) is 63.9 Å². The first-order valence-electron chi connectivity index (χ1n) is 9.50. The van der Waals surface area contributed by atoms with Crippen molar-refractivity contribution in [2.45, 2.75) is 52.1 Å². The highest BCUT2D eigenvalue weighted by Gasteiger charge is 2.32. The standard InChI is InChI=1S/C20H24N4O2S/c1-13-6-7-18(27-13)20(26)24-9-4-3-5-17(24)19-21-11-15-12-23(14(2)25)10-8-16(15)22-19/h6-7,11,17H,3-5,8-10,12H2,1-2H3. The first kappa shape index (κ1) is 18.1. The van der Waals surface area contributed by atoms with E-state index in [1.165, 1.54) is 0 Å². The first-order valence-corrected chi connectivity index (χ1v) is 10.3. The van der Waals surface area contributed by atoms with Crippen molar-refractivity contribution in [2.75, 3.05) is 13.1 Å². The Kier molecular flexibility index (Phi) is 4.95. The molecule has 0 aliphatic carbocycles. The lowest BCUT2D eigenvalue weighted by atomic mass is 10.00. The summed E-state index contributed by atoms with van der Waals surface area (Å²) in [6.07, 6.45) is 5.59. The molecule has 0 radical (unpaired) electrons. The highest BCUT2D eigenvalue weighted by atomic mass is 32.1. The molecule has 0 bridgehead atoms. The SMILES string of the molecule is CC(=O)N1CCc2nc(C3CCCCN3C(=O)c3ccc(C)s3)ncc2C1. The summed E-state index contributed by atoms with van der Waals surface area (Å²) in [4.78, 5) is 39.8. The molecular formula is C20H24N4O2S. The molecule has 27 heavy (non-hydrogen) atoms. The van der Waals surface area contributed by atoms with Crippen molar-refractivity contribution in [1.29, 1.82) is 0 Å². The van der Waals surface area contributed by atoms with Crippen LogP contribution < -0.4 is 0 Å². The van der Waals surface area contributed by atoms with Gasteiger partial charge in [0.05, 0.1) is 16.6 Å². The molecule has 1 saturated heterocycles. The Morgan fingerprint density at radius 1 is 1.22 bits per heavy atom. The Morgan fingerprint density at radius 3 is 2.81 bits per heavy atom. The molecule has 4 rings (SSSR count). The Morgan fingerprint density at radius 2 is 2.07 bits per heavy atom. The van der Waals surface area contributed by atoms with Gasteiger partial charge in [0, 0.05) is 49.6 Å². The van der Waals surface area contributed by atoms with Gasteiger partial charge in [0.15, 0.2) is 5.82 Å². The Hall–Kier alpha value is -2.28. The van der Waals surface area contributed by atoms with Crippen LogP contribution in [0.25, 0.3) is 0 Å². The molecule has 4 heterocycles. The average Bonchev–Trinajstić information content (AvgIpc) is 3.13. The fourth-order valence-corrected chi connectivity index (χ4v) is 4.72. The molecule has 2 aromatic heterocycles. The molecular weight excluding hydrogens is 360 g/mol. The number of carbonyl (C=O) groups is 2. The molecule has 1 unspecified atom stereocenters. The van der Waals surface area contributed by atoms with Gasteiger partial charge in [-0.05, 0) is 38.3 Å². The highest BCUT2D eigenvalue weighted by molar-refractivity contribution is 7.13. The molecule has 2 aliphatic heterocycles. The van der Waals surface area contributed by atoms with E-state index < -0.39 is 0 Å².